The molecule has 2 N–H and O–H groups in total. The number of carbonyl (C=O) groups is 2. The van der Waals surface area contributed by atoms with E-state index in [2.05, 4.69) is 0 Å². The van der Waals surface area contributed by atoms with E-state index in [0.717, 1.165) is 4.90 Å². The summed E-state index contributed by atoms with van der Waals surface area (Å²) in [5.74, 6) is -3.05. The molecule has 4 rings (SSSR count). The maximum atomic E-state index is 14.2. The topological polar surface area (TPSA) is 104 Å². The maximum absolute atomic E-state index is 14.2. The van der Waals surface area contributed by atoms with E-state index in [9.17, 15) is 24.4 Å². The van der Waals surface area contributed by atoms with Crippen LogP contribution in [0.25, 0.3) is 0 Å². The molecule has 2 aromatic carbocycles. The Balaban J connectivity index is 1.83. The number of fused-ring (bicyclic) bond motifs is 1. The Morgan fingerprint density at radius 2 is 1.57 bits per heavy atom. The normalized spacial score (nSPS) is 24.3. The van der Waals surface area contributed by atoms with Gasteiger partial charge in [0.05, 0.1) is 28.7 Å². The van der Waals surface area contributed by atoms with Gasteiger partial charge in [-0.1, -0.05) is 43.3 Å². The van der Waals surface area contributed by atoms with Crippen LogP contribution >= 0.6 is 7.37 Å². The number of nitrogens with zero attached hydrogens (tertiary/aromatic N) is 1. The fourth-order valence-electron chi connectivity index (χ4n) is 4.28. The number of rotatable bonds is 6. The Kier molecular flexibility index (Phi) is 5.04. The molecule has 0 unspecified atom stereocenters. The van der Waals surface area contributed by atoms with Crippen molar-refractivity contribution >= 4 is 29.9 Å². The lowest BCUT2D eigenvalue weighted by atomic mass is 9.79. The van der Waals surface area contributed by atoms with Crippen molar-refractivity contribution in [3.05, 3.63) is 72.1 Å². The van der Waals surface area contributed by atoms with Crippen LogP contribution in [0, 0.1) is 11.8 Å². The molecule has 7 nitrogen and oxygen atoms in total. The number of β-lactam (4-membered cyclic amide) rings is 1. The van der Waals surface area contributed by atoms with Crippen LogP contribution in [0.5, 0.6) is 0 Å². The third-order valence-electron chi connectivity index (χ3n) is 5.73. The van der Waals surface area contributed by atoms with Gasteiger partial charge in [-0.2, -0.15) is 0 Å². The number of carbonyl (C=O) groups excluding carboxylic acids is 1. The van der Waals surface area contributed by atoms with Crippen LogP contribution in [0.15, 0.2) is 72.1 Å². The standard InChI is InChI=1S/C22H22NO6P/c1-13-18-17(14(2)24)21(25)23(18)19(22(26)27)20(13)29-30(28,15-9-5-3-6-10-15)16-11-7-4-8-12-16/h3-14,17-18,24H,1-2H3,(H,26,27)/t13-,14-,17-,18-/m1/s1. The Morgan fingerprint density at radius 3 is 2.00 bits per heavy atom. The Bertz CT molecular complexity index is 1020. The number of aliphatic carboxylic acids is 1. The lowest BCUT2D eigenvalue weighted by molar-refractivity contribution is -0.163. The first-order valence-electron chi connectivity index (χ1n) is 9.67. The van der Waals surface area contributed by atoms with Gasteiger partial charge in [0.2, 0.25) is 5.91 Å². The number of benzene rings is 2. The van der Waals surface area contributed by atoms with E-state index in [-0.39, 0.29) is 11.5 Å². The zero-order valence-corrected chi connectivity index (χ0v) is 17.4. The van der Waals surface area contributed by atoms with E-state index < -0.39 is 43.2 Å². The van der Waals surface area contributed by atoms with Gasteiger partial charge in [-0.3, -0.25) is 14.3 Å². The SMILES string of the molecule is C[C@@H](O)[C@H]1C(=O)N2C(C(=O)O)=C(OP(=O)(c3ccccc3)c3ccccc3)[C@H](C)[C@H]12. The second-order valence-corrected chi connectivity index (χ2v) is 9.90. The number of aliphatic hydroxyl groups is 1. The van der Waals surface area contributed by atoms with E-state index >= 15 is 0 Å². The molecule has 0 aromatic heterocycles. The predicted octanol–water partition coefficient (Wildman–Crippen LogP) is 2.09. The van der Waals surface area contributed by atoms with Crippen molar-refractivity contribution < 1.29 is 28.9 Å². The molecule has 0 aliphatic carbocycles. The highest BCUT2D eigenvalue weighted by atomic mass is 31.2. The minimum Gasteiger partial charge on any atom is -0.476 e. The lowest BCUT2D eigenvalue weighted by Crippen LogP contribution is -2.63. The van der Waals surface area contributed by atoms with Crippen molar-refractivity contribution in [1.29, 1.82) is 0 Å². The van der Waals surface area contributed by atoms with Crippen molar-refractivity contribution in [2.45, 2.75) is 26.0 Å². The van der Waals surface area contributed by atoms with Gasteiger partial charge in [0.1, 0.15) is 5.76 Å². The van der Waals surface area contributed by atoms with Gasteiger partial charge in [0.25, 0.3) is 0 Å². The molecular weight excluding hydrogens is 405 g/mol. The largest absolute Gasteiger partial charge is 0.476 e. The first kappa shape index (κ1) is 20.4. The summed E-state index contributed by atoms with van der Waals surface area (Å²) in [6, 6.07) is 16.7. The fraction of sp³-hybridized carbons (Fsp3) is 0.273. The quantitative estimate of drug-likeness (QED) is 0.541. The molecule has 8 heteroatoms. The number of carboxylic acids is 1. The van der Waals surface area contributed by atoms with Gasteiger partial charge in [-0.05, 0) is 31.2 Å². The molecule has 0 spiro atoms. The molecule has 4 atom stereocenters. The molecular formula is C22H22NO6P. The molecule has 2 aliphatic heterocycles. The summed E-state index contributed by atoms with van der Waals surface area (Å²) in [6.07, 6.45) is -0.925. The van der Waals surface area contributed by atoms with E-state index in [0.29, 0.717) is 10.6 Å². The van der Waals surface area contributed by atoms with Crippen molar-refractivity contribution in [2.75, 3.05) is 0 Å². The van der Waals surface area contributed by atoms with Gasteiger partial charge in [-0.15, -0.1) is 0 Å². The van der Waals surface area contributed by atoms with E-state index in [1.54, 1.807) is 67.6 Å². The summed E-state index contributed by atoms with van der Waals surface area (Å²) >= 11 is 0. The summed E-state index contributed by atoms with van der Waals surface area (Å²) < 4.78 is 20.3. The predicted molar refractivity (Wildman–Crippen MR) is 110 cm³/mol. The highest BCUT2D eigenvalue weighted by Gasteiger charge is 2.61. The molecule has 2 aromatic rings. The lowest BCUT2D eigenvalue weighted by Gasteiger charge is -2.46. The van der Waals surface area contributed by atoms with E-state index in [4.69, 9.17) is 4.52 Å². The summed E-state index contributed by atoms with van der Waals surface area (Å²) in [4.78, 5) is 25.7. The monoisotopic (exact) mass is 427 g/mol. The van der Waals surface area contributed by atoms with Crippen LogP contribution in [0.1, 0.15) is 13.8 Å². The molecule has 1 saturated heterocycles. The Morgan fingerprint density at radius 1 is 1.07 bits per heavy atom. The molecule has 2 aliphatic rings. The molecule has 0 saturated carbocycles. The van der Waals surface area contributed by atoms with Gasteiger partial charge >= 0.3 is 13.3 Å². The van der Waals surface area contributed by atoms with Crippen LogP contribution in [-0.2, 0) is 18.7 Å². The molecule has 156 valence electrons. The number of hydrogen-bond acceptors (Lipinski definition) is 5. The number of amides is 1. The summed E-state index contributed by atoms with van der Waals surface area (Å²) in [7, 11) is -3.70. The first-order chi connectivity index (χ1) is 14.3. The third kappa shape index (κ3) is 2.97. The highest BCUT2D eigenvalue weighted by Crippen LogP contribution is 2.54. The van der Waals surface area contributed by atoms with E-state index in [1.165, 1.54) is 6.92 Å². The van der Waals surface area contributed by atoms with Gasteiger partial charge in [-0.25, -0.2) is 4.79 Å². The summed E-state index contributed by atoms with van der Waals surface area (Å²) in [6.45, 7) is 3.23. The molecule has 0 bridgehead atoms. The second-order valence-electron chi connectivity index (χ2n) is 7.59. The van der Waals surface area contributed by atoms with Crippen molar-refractivity contribution in [2.24, 2.45) is 11.8 Å². The van der Waals surface area contributed by atoms with Crippen molar-refractivity contribution in [1.82, 2.24) is 4.90 Å². The van der Waals surface area contributed by atoms with Crippen LogP contribution in [-0.4, -0.2) is 39.1 Å². The smallest absolute Gasteiger partial charge is 0.356 e. The van der Waals surface area contributed by atoms with E-state index in [1.807, 2.05) is 0 Å². The van der Waals surface area contributed by atoms with Gasteiger partial charge in [0, 0.05) is 5.92 Å². The second kappa shape index (κ2) is 7.42. The third-order valence-corrected chi connectivity index (χ3v) is 8.14. The average molecular weight is 427 g/mol. The molecule has 0 radical (unpaired) electrons. The van der Waals surface area contributed by atoms with Crippen LogP contribution in [0.2, 0.25) is 0 Å². The average Bonchev–Trinajstić information content (AvgIpc) is 2.97. The summed E-state index contributed by atoms with van der Waals surface area (Å²) in [5, 5.41) is 20.7. The minimum atomic E-state index is -3.70. The van der Waals surface area contributed by atoms with Crippen LogP contribution in [0.4, 0.5) is 0 Å². The molecule has 30 heavy (non-hydrogen) atoms. The van der Waals surface area contributed by atoms with Gasteiger partial charge in [0.15, 0.2) is 5.70 Å². The Hall–Kier alpha value is -2.89. The summed E-state index contributed by atoms with van der Waals surface area (Å²) in [5.41, 5.74) is -0.304. The first-order valence-corrected chi connectivity index (χ1v) is 11.3. The fourth-order valence-corrected chi connectivity index (χ4v) is 6.45. The van der Waals surface area contributed by atoms with Crippen molar-refractivity contribution in [3.8, 4) is 0 Å². The highest BCUT2D eigenvalue weighted by molar-refractivity contribution is 7.74. The van der Waals surface area contributed by atoms with Gasteiger partial charge < -0.3 is 14.7 Å². The zero-order valence-electron chi connectivity index (χ0n) is 16.5. The molecule has 1 amide bonds. The number of aliphatic hydroxyl groups excluding tert-OH is 1. The van der Waals surface area contributed by atoms with Crippen LogP contribution < -0.4 is 10.6 Å². The maximum Gasteiger partial charge on any atom is 0.356 e. The number of carboxylic acid groups (broad SMARTS) is 1. The number of hydrogen-bond donors (Lipinski definition) is 2. The zero-order chi connectivity index (χ0) is 21.6. The van der Waals surface area contributed by atoms with Crippen molar-refractivity contribution in [3.63, 3.8) is 0 Å². The molecule has 2 heterocycles. The minimum absolute atomic E-state index is 0.0000365. The van der Waals surface area contributed by atoms with Crippen LogP contribution in [0.3, 0.4) is 0 Å². The Labute approximate surface area is 174 Å². The molecule has 1 fully saturated rings.